The normalized spacial score (nSPS) is 13.0. The van der Waals surface area contributed by atoms with E-state index in [1.165, 1.54) is 6.07 Å². The predicted molar refractivity (Wildman–Crippen MR) is 57.9 cm³/mol. The summed E-state index contributed by atoms with van der Waals surface area (Å²) in [5.41, 5.74) is 6.06. The van der Waals surface area contributed by atoms with Gasteiger partial charge in [0.05, 0.1) is 6.10 Å². The summed E-state index contributed by atoms with van der Waals surface area (Å²) in [5.74, 6) is -0.279. The molecule has 0 aliphatic rings. The highest BCUT2D eigenvalue weighted by atomic mass is 19.1. The first-order valence-corrected chi connectivity index (χ1v) is 4.79. The van der Waals surface area contributed by atoms with Crippen molar-refractivity contribution in [3.63, 3.8) is 0 Å². The molecule has 2 aromatic rings. The van der Waals surface area contributed by atoms with Gasteiger partial charge in [0.1, 0.15) is 5.82 Å². The van der Waals surface area contributed by atoms with Crippen LogP contribution in [0.4, 0.5) is 4.39 Å². The van der Waals surface area contributed by atoms with Gasteiger partial charge < -0.3 is 10.8 Å². The third-order valence-corrected chi connectivity index (χ3v) is 2.49. The van der Waals surface area contributed by atoms with E-state index in [4.69, 9.17) is 5.73 Å². The van der Waals surface area contributed by atoms with Crippen LogP contribution in [0.25, 0.3) is 10.8 Å². The van der Waals surface area contributed by atoms with Gasteiger partial charge in [-0.2, -0.15) is 0 Å². The molecule has 0 aliphatic heterocycles. The van der Waals surface area contributed by atoms with E-state index in [0.717, 1.165) is 5.39 Å². The highest BCUT2D eigenvalue weighted by molar-refractivity contribution is 5.86. The van der Waals surface area contributed by atoms with Crippen molar-refractivity contribution in [2.24, 2.45) is 5.73 Å². The van der Waals surface area contributed by atoms with E-state index in [1.807, 2.05) is 6.07 Å². The minimum absolute atomic E-state index is 0.135. The molecule has 0 bridgehead atoms. The molecule has 0 spiro atoms. The number of aliphatic hydroxyl groups is 1. The Balaban J connectivity index is 2.71. The number of hydrogen-bond acceptors (Lipinski definition) is 2. The third-order valence-electron chi connectivity index (χ3n) is 2.49. The number of rotatable bonds is 2. The van der Waals surface area contributed by atoms with Gasteiger partial charge in [0.15, 0.2) is 0 Å². The van der Waals surface area contributed by atoms with E-state index < -0.39 is 6.10 Å². The summed E-state index contributed by atoms with van der Waals surface area (Å²) >= 11 is 0. The maximum atomic E-state index is 13.4. The lowest BCUT2D eigenvalue weighted by Crippen LogP contribution is -2.11. The molecule has 0 heterocycles. The zero-order chi connectivity index (χ0) is 10.8. The molecule has 0 saturated carbocycles. The molecular weight excluding hydrogens is 193 g/mol. The van der Waals surface area contributed by atoms with Gasteiger partial charge >= 0.3 is 0 Å². The third kappa shape index (κ3) is 1.71. The van der Waals surface area contributed by atoms with Crippen molar-refractivity contribution in [3.8, 4) is 0 Å². The molecule has 3 N–H and O–H groups in total. The van der Waals surface area contributed by atoms with E-state index in [1.54, 1.807) is 24.3 Å². The second-order valence-corrected chi connectivity index (χ2v) is 3.43. The number of nitrogens with two attached hydrogens (primary N) is 1. The largest absolute Gasteiger partial charge is 0.387 e. The van der Waals surface area contributed by atoms with Crippen molar-refractivity contribution in [2.45, 2.75) is 6.10 Å². The van der Waals surface area contributed by atoms with Crippen molar-refractivity contribution in [1.29, 1.82) is 0 Å². The molecule has 0 aliphatic carbocycles. The van der Waals surface area contributed by atoms with Crippen molar-refractivity contribution in [2.75, 3.05) is 6.54 Å². The lowest BCUT2D eigenvalue weighted by atomic mass is 10.00. The highest BCUT2D eigenvalue weighted by Crippen LogP contribution is 2.25. The van der Waals surface area contributed by atoms with Crippen molar-refractivity contribution >= 4 is 10.8 Å². The van der Waals surface area contributed by atoms with E-state index >= 15 is 0 Å². The minimum Gasteiger partial charge on any atom is -0.387 e. The van der Waals surface area contributed by atoms with E-state index in [0.29, 0.717) is 10.9 Å². The second kappa shape index (κ2) is 3.96. The minimum atomic E-state index is -0.740. The Bertz CT molecular complexity index is 484. The lowest BCUT2D eigenvalue weighted by Gasteiger charge is -2.11. The fourth-order valence-corrected chi connectivity index (χ4v) is 1.70. The van der Waals surface area contributed by atoms with Gasteiger partial charge in [-0.1, -0.05) is 30.3 Å². The highest BCUT2D eigenvalue weighted by Gasteiger charge is 2.11. The van der Waals surface area contributed by atoms with Crippen LogP contribution in [-0.4, -0.2) is 11.7 Å². The van der Waals surface area contributed by atoms with Gasteiger partial charge in [-0.15, -0.1) is 0 Å². The Kier molecular flexibility index (Phi) is 2.66. The standard InChI is InChI=1S/C12H12FNO/c13-11-6-5-10(12(15)7-14)8-3-1-2-4-9(8)11/h1-6,12,15H,7,14H2/t12-/m1/s1. The van der Waals surface area contributed by atoms with Gasteiger partial charge in [0.25, 0.3) is 0 Å². The van der Waals surface area contributed by atoms with Crippen molar-refractivity contribution in [3.05, 3.63) is 47.8 Å². The van der Waals surface area contributed by atoms with Crippen molar-refractivity contribution in [1.82, 2.24) is 0 Å². The van der Waals surface area contributed by atoms with E-state index in [9.17, 15) is 9.50 Å². The van der Waals surface area contributed by atoms with Crippen molar-refractivity contribution < 1.29 is 9.50 Å². The Morgan fingerprint density at radius 2 is 1.80 bits per heavy atom. The Morgan fingerprint density at radius 3 is 2.47 bits per heavy atom. The first-order valence-electron chi connectivity index (χ1n) is 4.79. The summed E-state index contributed by atoms with van der Waals surface area (Å²) in [7, 11) is 0. The molecule has 0 amide bonds. The van der Waals surface area contributed by atoms with E-state index in [2.05, 4.69) is 0 Å². The molecule has 2 nitrogen and oxygen atoms in total. The summed E-state index contributed by atoms with van der Waals surface area (Å²) in [5, 5.41) is 10.9. The van der Waals surface area contributed by atoms with Crippen LogP contribution in [0.3, 0.4) is 0 Å². The summed E-state index contributed by atoms with van der Waals surface area (Å²) in [4.78, 5) is 0. The number of benzene rings is 2. The monoisotopic (exact) mass is 205 g/mol. The first kappa shape index (κ1) is 10.1. The van der Waals surface area contributed by atoms with Crippen LogP contribution in [0.2, 0.25) is 0 Å². The number of hydrogen-bond donors (Lipinski definition) is 2. The molecule has 2 rings (SSSR count). The summed E-state index contributed by atoms with van der Waals surface area (Å²) in [6.45, 7) is 0.135. The number of halogens is 1. The second-order valence-electron chi connectivity index (χ2n) is 3.43. The predicted octanol–water partition coefficient (Wildman–Crippen LogP) is 1.97. The molecule has 0 unspecified atom stereocenters. The fourth-order valence-electron chi connectivity index (χ4n) is 1.70. The van der Waals surface area contributed by atoms with Crippen LogP contribution in [0.15, 0.2) is 36.4 Å². The van der Waals surface area contributed by atoms with Crippen LogP contribution >= 0.6 is 0 Å². The Labute approximate surface area is 87.1 Å². The molecule has 3 heteroatoms. The van der Waals surface area contributed by atoms with Gasteiger partial charge in [-0.05, 0) is 17.0 Å². The van der Waals surface area contributed by atoms with Crippen LogP contribution in [0.1, 0.15) is 11.7 Å². The van der Waals surface area contributed by atoms with Gasteiger partial charge in [0, 0.05) is 11.9 Å². The zero-order valence-corrected chi connectivity index (χ0v) is 8.15. The van der Waals surface area contributed by atoms with Crippen LogP contribution in [-0.2, 0) is 0 Å². The van der Waals surface area contributed by atoms with Crippen LogP contribution < -0.4 is 5.73 Å². The van der Waals surface area contributed by atoms with Gasteiger partial charge in [-0.25, -0.2) is 4.39 Å². The van der Waals surface area contributed by atoms with Crippen LogP contribution in [0, 0.1) is 5.82 Å². The average Bonchev–Trinajstić information content (AvgIpc) is 2.29. The topological polar surface area (TPSA) is 46.2 Å². The molecule has 78 valence electrons. The van der Waals surface area contributed by atoms with E-state index in [-0.39, 0.29) is 12.4 Å². The molecule has 0 saturated heterocycles. The SMILES string of the molecule is NC[C@@H](O)c1ccc(F)c2ccccc12. The maximum absolute atomic E-state index is 13.4. The summed E-state index contributed by atoms with van der Waals surface area (Å²) < 4.78 is 13.4. The molecular formula is C12H12FNO. The molecule has 15 heavy (non-hydrogen) atoms. The Hall–Kier alpha value is -1.45. The average molecular weight is 205 g/mol. The quantitative estimate of drug-likeness (QED) is 0.787. The van der Waals surface area contributed by atoms with Crippen LogP contribution in [0.5, 0.6) is 0 Å². The molecule has 0 fully saturated rings. The zero-order valence-electron chi connectivity index (χ0n) is 8.15. The first-order chi connectivity index (χ1) is 7.24. The fraction of sp³-hybridized carbons (Fsp3) is 0.167. The van der Waals surface area contributed by atoms with Gasteiger partial charge in [-0.3, -0.25) is 0 Å². The molecule has 0 radical (unpaired) electrons. The Morgan fingerprint density at radius 1 is 1.13 bits per heavy atom. The smallest absolute Gasteiger partial charge is 0.131 e. The number of fused-ring (bicyclic) bond motifs is 1. The summed E-state index contributed by atoms with van der Waals surface area (Å²) in [6.07, 6.45) is -0.740. The lowest BCUT2D eigenvalue weighted by molar-refractivity contribution is 0.188. The van der Waals surface area contributed by atoms with Gasteiger partial charge in [0.2, 0.25) is 0 Å². The number of aliphatic hydroxyl groups excluding tert-OH is 1. The summed E-state index contributed by atoms with van der Waals surface area (Å²) in [6, 6.07) is 9.99. The molecule has 0 aromatic heterocycles. The maximum Gasteiger partial charge on any atom is 0.131 e. The molecule has 1 atom stereocenters. The molecule has 2 aromatic carbocycles.